The van der Waals surface area contributed by atoms with E-state index in [2.05, 4.69) is 42.9 Å². The first kappa shape index (κ1) is 20.9. The number of carboxylic acid groups (broad SMARTS) is 1. The Morgan fingerprint density at radius 3 is 2.50 bits per heavy atom. The number of ether oxygens (including phenoxy) is 1. The van der Waals surface area contributed by atoms with Crippen molar-refractivity contribution in [2.45, 2.75) is 51.5 Å². The number of carbonyl (C=O) groups is 1. The molecule has 2 aliphatic rings. The van der Waals surface area contributed by atoms with Crippen LogP contribution in [0, 0.1) is 0 Å². The highest BCUT2D eigenvalue weighted by atomic mass is 16.5. The molecule has 0 saturated carbocycles. The van der Waals surface area contributed by atoms with Crippen molar-refractivity contribution in [3.05, 3.63) is 23.3 Å². The number of anilines is 2. The highest BCUT2D eigenvalue weighted by Gasteiger charge is 2.30. The molecule has 0 aromatic heterocycles. The summed E-state index contributed by atoms with van der Waals surface area (Å²) in [5.41, 5.74) is 3.27. The lowest BCUT2D eigenvalue weighted by molar-refractivity contribution is 0.0697. The molecule has 0 radical (unpaired) electrons. The molecule has 0 unspecified atom stereocenters. The van der Waals surface area contributed by atoms with Gasteiger partial charge in [0.05, 0.1) is 11.3 Å². The number of hydrogen-bond acceptors (Lipinski definition) is 5. The van der Waals surface area contributed by atoms with E-state index in [4.69, 9.17) is 4.74 Å². The minimum absolute atomic E-state index is 0.174. The van der Waals surface area contributed by atoms with E-state index in [1.807, 2.05) is 6.07 Å². The van der Waals surface area contributed by atoms with Crippen LogP contribution in [-0.4, -0.2) is 68.5 Å². The van der Waals surface area contributed by atoms with E-state index in [1.54, 1.807) is 6.07 Å². The first-order chi connectivity index (χ1) is 13.3. The molecule has 2 fully saturated rings. The molecule has 2 N–H and O–H groups in total. The largest absolute Gasteiger partial charge is 0.478 e. The Hall–Kier alpha value is -1.79. The topological polar surface area (TPSA) is 65.0 Å². The van der Waals surface area contributed by atoms with Gasteiger partial charge in [0.15, 0.2) is 0 Å². The van der Waals surface area contributed by atoms with Crippen LogP contribution in [0.5, 0.6) is 0 Å². The number of rotatable bonds is 4. The maximum absolute atomic E-state index is 12.0. The van der Waals surface area contributed by atoms with E-state index >= 15 is 0 Å². The van der Waals surface area contributed by atoms with Crippen LogP contribution in [0.4, 0.5) is 11.4 Å². The summed E-state index contributed by atoms with van der Waals surface area (Å²) in [4.78, 5) is 16.8. The summed E-state index contributed by atoms with van der Waals surface area (Å²) in [5, 5.41) is 13.5. The molecule has 156 valence electrons. The van der Waals surface area contributed by atoms with Gasteiger partial charge in [0.25, 0.3) is 0 Å². The first-order valence-electron chi connectivity index (χ1n) is 10.5. The summed E-state index contributed by atoms with van der Waals surface area (Å²) in [6.45, 7) is 12.1. The maximum atomic E-state index is 12.0. The molecule has 2 aliphatic heterocycles. The number of carboxylic acids is 1. The molecule has 1 aromatic carbocycles. The van der Waals surface area contributed by atoms with Crippen LogP contribution in [0.2, 0.25) is 0 Å². The highest BCUT2D eigenvalue weighted by molar-refractivity contribution is 5.97. The Labute approximate surface area is 168 Å². The van der Waals surface area contributed by atoms with Crippen LogP contribution in [-0.2, 0) is 10.2 Å². The fourth-order valence-corrected chi connectivity index (χ4v) is 4.28. The van der Waals surface area contributed by atoms with Gasteiger partial charge in [-0.1, -0.05) is 20.8 Å². The molecule has 0 aliphatic carbocycles. The van der Waals surface area contributed by atoms with E-state index in [0.717, 1.165) is 69.9 Å². The van der Waals surface area contributed by atoms with Crippen molar-refractivity contribution in [1.29, 1.82) is 0 Å². The molecule has 3 rings (SSSR count). The third-order valence-electron chi connectivity index (χ3n) is 5.79. The standard InChI is InChI=1S/C22H35N3O3/c1-22(2,3)19-18(25-11-5-10-24(4)12-13-25)7-6-17(21(26)27)20(19)23-16-8-14-28-15-9-16/h6-7,16,23H,5,8-15H2,1-4H3,(H,26,27). The van der Waals surface area contributed by atoms with E-state index in [9.17, 15) is 9.90 Å². The SMILES string of the molecule is CN1CCCN(c2ccc(C(=O)O)c(NC3CCOCC3)c2C(C)(C)C)CC1. The number of nitrogens with zero attached hydrogens (tertiary/aromatic N) is 2. The smallest absolute Gasteiger partial charge is 0.337 e. The third kappa shape index (κ3) is 4.78. The molecule has 0 atom stereocenters. The zero-order valence-electron chi connectivity index (χ0n) is 17.8. The predicted octanol–water partition coefficient (Wildman–Crippen LogP) is 3.42. The lowest BCUT2D eigenvalue weighted by atomic mass is 9.82. The van der Waals surface area contributed by atoms with E-state index in [-0.39, 0.29) is 11.5 Å². The summed E-state index contributed by atoms with van der Waals surface area (Å²) in [5.74, 6) is -0.873. The number of likely N-dealkylation sites (N-methyl/N-ethyl adjacent to an activating group) is 1. The Kier molecular flexibility index (Phi) is 6.50. The molecular formula is C22H35N3O3. The van der Waals surface area contributed by atoms with E-state index in [1.165, 1.54) is 5.69 Å². The van der Waals surface area contributed by atoms with Crippen LogP contribution >= 0.6 is 0 Å². The zero-order chi connectivity index (χ0) is 20.3. The van der Waals surface area contributed by atoms with Gasteiger partial charge in [-0.15, -0.1) is 0 Å². The first-order valence-corrected chi connectivity index (χ1v) is 10.5. The Bertz CT molecular complexity index is 693. The lowest BCUT2D eigenvalue weighted by Gasteiger charge is -2.35. The van der Waals surface area contributed by atoms with Gasteiger partial charge in [-0.05, 0) is 50.4 Å². The lowest BCUT2D eigenvalue weighted by Crippen LogP contribution is -2.34. The Morgan fingerprint density at radius 2 is 1.86 bits per heavy atom. The van der Waals surface area contributed by atoms with Crippen molar-refractivity contribution in [3.8, 4) is 0 Å². The normalized spacial score (nSPS) is 20.1. The van der Waals surface area contributed by atoms with Crippen LogP contribution < -0.4 is 10.2 Å². The van der Waals surface area contributed by atoms with Gasteiger partial charge in [-0.3, -0.25) is 0 Å². The Balaban J connectivity index is 2.06. The van der Waals surface area contributed by atoms with Crippen molar-refractivity contribution >= 4 is 17.3 Å². The molecule has 1 aromatic rings. The number of aromatic carboxylic acids is 1. The van der Waals surface area contributed by atoms with Gasteiger partial charge in [0, 0.05) is 50.1 Å². The van der Waals surface area contributed by atoms with Gasteiger partial charge in [-0.25, -0.2) is 4.79 Å². The van der Waals surface area contributed by atoms with Crippen LogP contribution in [0.15, 0.2) is 12.1 Å². The molecular weight excluding hydrogens is 354 g/mol. The second-order valence-corrected chi connectivity index (χ2v) is 9.11. The summed E-state index contributed by atoms with van der Waals surface area (Å²) < 4.78 is 5.49. The van der Waals surface area contributed by atoms with Crippen molar-refractivity contribution < 1.29 is 14.6 Å². The van der Waals surface area contributed by atoms with Crippen LogP contribution in [0.3, 0.4) is 0 Å². The fraction of sp³-hybridized carbons (Fsp3) is 0.682. The second kappa shape index (κ2) is 8.70. The fourth-order valence-electron chi connectivity index (χ4n) is 4.28. The number of hydrogen-bond donors (Lipinski definition) is 2. The average Bonchev–Trinajstić information content (AvgIpc) is 2.85. The average molecular weight is 390 g/mol. The third-order valence-corrected chi connectivity index (χ3v) is 5.79. The number of nitrogens with one attached hydrogen (secondary N) is 1. The molecule has 0 spiro atoms. The van der Waals surface area contributed by atoms with E-state index in [0.29, 0.717) is 5.56 Å². The summed E-state index contributed by atoms with van der Waals surface area (Å²) in [6, 6.07) is 4.05. The predicted molar refractivity (Wildman–Crippen MR) is 114 cm³/mol. The molecule has 2 heterocycles. The zero-order valence-corrected chi connectivity index (χ0v) is 17.8. The quantitative estimate of drug-likeness (QED) is 0.823. The monoisotopic (exact) mass is 389 g/mol. The van der Waals surface area contributed by atoms with Crippen LogP contribution in [0.1, 0.15) is 56.0 Å². The van der Waals surface area contributed by atoms with E-state index < -0.39 is 5.97 Å². The van der Waals surface area contributed by atoms with Crippen molar-refractivity contribution in [2.24, 2.45) is 0 Å². The molecule has 2 saturated heterocycles. The molecule has 6 heteroatoms. The summed E-state index contributed by atoms with van der Waals surface area (Å²) in [7, 11) is 2.17. The van der Waals surface area contributed by atoms with Crippen LogP contribution in [0.25, 0.3) is 0 Å². The van der Waals surface area contributed by atoms with Gasteiger partial charge in [-0.2, -0.15) is 0 Å². The molecule has 6 nitrogen and oxygen atoms in total. The van der Waals surface area contributed by atoms with Crippen molar-refractivity contribution in [3.63, 3.8) is 0 Å². The Morgan fingerprint density at radius 1 is 1.14 bits per heavy atom. The minimum Gasteiger partial charge on any atom is -0.478 e. The molecule has 0 bridgehead atoms. The second-order valence-electron chi connectivity index (χ2n) is 9.11. The minimum atomic E-state index is -0.873. The maximum Gasteiger partial charge on any atom is 0.337 e. The van der Waals surface area contributed by atoms with Crippen molar-refractivity contribution in [2.75, 3.05) is 56.7 Å². The van der Waals surface area contributed by atoms with Gasteiger partial charge >= 0.3 is 5.97 Å². The van der Waals surface area contributed by atoms with Crippen molar-refractivity contribution in [1.82, 2.24) is 4.90 Å². The van der Waals surface area contributed by atoms with Gasteiger partial charge in [0.2, 0.25) is 0 Å². The number of benzene rings is 1. The van der Waals surface area contributed by atoms with Gasteiger partial charge < -0.3 is 25.0 Å². The highest BCUT2D eigenvalue weighted by Crippen LogP contribution is 2.41. The van der Waals surface area contributed by atoms with Gasteiger partial charge in [0.1, 0.15) is 0 Å². The molecule has 28 heavy (non-hydrogen) atoms. The molecule has 0 amide bonds. The summed E-state index contributed by atoms with van der Waals surface area (Å²) >= 11 is 0. The summed E-state index contributed by atoms with van der Waals surface area (Å²) in [6.07, 6.45) is 2.92.